The molecule has 1 aliphatic heterocycles. The predicted molar refractivity (Wildman–Crippen MR) is 101 cm³/mol. The summed E-state index contributed by atoms with van der Waals surface area (Å²) in [7, 11) is 1.65. The van der Waals surface area contributed by atoms with Gasteiger partial charge in [-0.3, -0.25) is 4.79 Å². The second kappa shape index (κ2) is 6.98. The van der Waals surface area contributed by atoms with E-state index in [4.69, 9.17) is 4.74 Å². The summed E-state index contributed by atoms with van der Waals surface area (Å²) < 4.78 is 5.19. The molecule has 25 heavy (non-hydrogen) atoms. The summed E-state index contributed by atoms with van der Waals surface area (Å²) in [5.41, 5.74) is 1.54. The number of ether oxygens (including phenoxy) is 1. The van der Waals surface area contributed by atoms with Crippen LogP contribution in [0, 0.1) is 0 Å². The number of methoxy groups -OCH3 is 1. The molecule has 6 heteroatoms. The third-order valence-electron chi connectivity index (χ3n) is 4.45. The molecule has 2 aromatic heterocycles. The van der Waals surface area contributed by atoms with Crippen LogP contribution in [0.1, 0.15) is 34.2 Å². The number of rotatable bonds is 4. The highest BCUT2D eigenvalue weighted by Gasteiger charge is 2.32. The van der Waals surface area contributed by atoms with Gasteiger partial charge in [0.25, 0.3) is 5.91 Å². The van der Waals surface area contributed by atoms with Crippen molar-refractivity contribution in [2.75, 3.05) is 13.7 Å². The summed E-state index contributed by atoms with van der Waals surface area (Å²) in [6, 6.07) is 12.1. The maximum absolute atomic E-state index is 13.0. The third-order valence-corrected chi connectivity index (χ3v) is 6.31. The topological polar surface area (TPSA) is 42.4 Å². The van der Waals surface area contributed by atoms with Gasteiger partial charge in [0.1, 0.15) is 16.5 Å². The van der Waals surface area contributed by atoms with Crippen molar-refractivity contribution in [2.24, 2.45) is 0 Å². The third kappa shape index (κ3) is 3.19. The summed E-state index contributed by atoms with van der Waals surface area (Å²) in [5, 5.41) is 4.80. The Morgan fingerprint density at radius 3 is 2.80 bits per heavy atom. The summed E-state index contributed by atoms with van der Waals surface area (Å²) >= 11 is 3.22. The first-order valence-electron chi connectivity index (χ1n) is 8.20. The highest BCUT2D eigenvalue weighted by Crippen LogP contribution is 2.36. The number of carbonyl (C=O) groups excluding carboxylic acids is 1. The van der Waals surface area contributed by atoms with Crippen LogP contribution in [-0.4, -0.2) is 29.4 Å². The number of hydrogen-bond acceptors (Lipinski definition) is 5. The minimum absolute atomic E-state index is 0.0342. The highest BCUT2D eigenvalue weighted by atomic mass is 32.1. The number of carbonyl (C=O) groups is 1. The first kappa shape index (κ1) is 16.3. The molecule has 1 atom stereocenters. The molecule has 0 aliphatic carbocycles. The molecule has 4 rings (SSSR count). The van der Waals surface area contributed by atoms with E-state index in [1.165, 1.54) is 16.2 Å². The van der Waals surface area contributed by atoms with E-state index >= 15 is 0 Å². The molecule has 1 aromatic carbocycles. The summed E-state index contributed by atoms with van der Waals surface area (Å²) in [6.07, 6.45) is 2.07. The highest BCUT2D eigenvalue weighted by molar-refractivity contribution is 7.13. The van der Waals surface area contributed by atoms with Gasteiger partial charge in [-0.15, -0.1) is 22.7 Å². The van der Waals surface area contributed by atoms with Crippen molar-refractivity contribution in [3.05, 3.63) is 57.7 Å². The van der Waals surface area contributed by atoms with Gasteiger partial charge in [0.15, 0.2) is 0 Å². The van der Waals surface area contributed by atoms with Crippen LogP contribution in [0.4, 0.5) is 0 Å². The van der Waals surface area contributed by atoms with E-state index in [0.29, 0.717) is 5.69 Å². The average Bonchev–Trinajstić information content (AvgIpc) is 3.42. The van der Waals surface area contributed by atoms with Gasteiger partial charge in [-0.1, -0.05) is 6.07 Å². The lowest BCUT2D eigenvalue weighted by Crippen LogP contribution is -2.30. The zero-order valence-electron chi connectivity index (χ0n) is 13.8. The van der Waals surface area contributed by atoms with Gasteiger partial charge in [0.05, 0.1) is 13.2 Å². The monoisotopic (exact) mass is 370 g/mol. The fourth-order valence-electron chi connectivity index (χ4n) is 3.17. The molecule has 1 aliphatic rings. The minimum Gasteiger partial charge on any atom is -0.497 e. The first-order chi connectivity index (χ1) is 12.3. The fourth-order valence-corrected chi connectivity index (χ4v) is 4.85. The van der Waals surface area contributed by atoms with E-state index in [1.54, 1.807) is 18.4 Å². The number of thiophene rings is 1. The molecule has 3 aromatic rings. The maximum atomic E-state index is 13.0. The van der Waals surface area contributed by atoms with Gasteiger partial charge in [-0.05, 0) is 48.6 Å². The molecule has 1 amide bonds. The Hall–Kier alpha value is -2.18. The molecular formula is C19H18N2O2S2. The Kier molecular flexibility index (Phi) is 4.55. The van der Waals surface area contributed by atoms with Crippen molar-refractivity contribution < 1.29 is 9.53 Å². The van der Waals surface area contributed by atoms with Crippen molar-refractivity contribution >= 4 is 28.6 Å². The molecule has 0 N–H and O–H groups in total. The van der Waals surface area contributed by atoms with Gasteiger partial charge in [-0.25, -0.2) is 4.98 Å². The molecule has 3 heterocycles. The van der Waals surface area contributed by atoms with Crippen LogP contribution >= 0.6 is 22.7 Å². The number of hydrogen-bond donors (Lipinski definition) is 0. The van der Waals surface area contributed by atoms with Crippen LogP contribution in [0.3, 0.4) is 0 Å². The zero-order chi connectivity index (χ0) is 17.2. The van der Waals surface area contributed by atoms with E-state index in [-0.39, 0.29) is 11.9 Å². The summed E-state index contributed by atoms with van der Waals surface area (Å²) in [6.45, 7) is 0.802. The van der Waals surface area contributed by atoms with Crippen LogP contribution < -0.4 is 4.74 Å². The van der Waals surface area contributed by atoms with Crippen LogP contribution in [0.2, 0.25) is 0 Å². The quantitative estimate of drug-likeness (QED) is 0.659. The van der Waals surface area contributed by atoms with Gasteiger partial charge in [0, 0.05) is 22.4 Å². The Morgan fingerprint density at radius 2 is 2.08 bits per heavy atom. The van der Waals surface area contributed by atoms with Crippen molar-refractivity contribution in [1.29, 1.82) is 0 Å². The van der Waals surface area contributed by atoms with E-state index in [1.807, 2.05) is 40.6 Å². The average molecular weight is 370 g/mol. The lowest BCUT2D eigenvalue weighted by molar-refractivity contribution is 0.0733. The summed E-state index contributed by atoms with van der Waals surface area (Å²) in [5.74, 6) is 0.847. The molecule has 4 nitrogen and oxygen atoms in total. The van der Waals surface area contributed by atoms with Gasteiger partial charge >= 0.3 is 0 Å². The molecule has 0 radical (unpaired) electrons. The number of amides is 1. The smallest absolute Gasteiger partial charge is 0.273 e. The first-order valence-corrected chi connectivity index (χ1v) is 9.96. The molecule has 128 valence electrons. The molecule has 1 fully saturated rings. The molecule has 1 saturated heterocycles. The second-order valence-electron chi connectivity index (χ2n) is 5.94. The van der Waals surface area contributed by atoms with Crippen molar-refractivity contribution in [1.82, 2.24) is 9.88 Å². The molecular weight excluding hydrogens is 352 g/mol. The van der Waals surface area contributed by atoms with Gasteiger partial charge in [-0.2, -0.15) is 0 Å². The Bertz CT molecular complexity index is 856. The lowest BCUT2D eigenvalue weighted by Gasteiger charge is -2.22. The van der Waals surface area contributed by atoms with Crippen molar-refractivity contribution in [3.8, 4) is 16.3 Å². The largest absolute Gasteiger partial charge is 0.497 e. The van der Waals surface area contributed by atoms with Crippen molar-refractivity contribution in [2.45, 2.75) is 18.9 Å². The number of benzene rings is 1. The maximum Gasteiger partial charge on any atom is 0.273 e. The standard InChI is InChI=1S/C19H18N2O2S2/c1-23-14-8-6-13(7-9-14)18-20-15(12-25-18)19(22)21-10-2-4-16(21)17-5-3-11-24-17/h3,5-9,11-12,16H,2,4,10H2,1H3. The minimum atomic E-state index is 0.0342. The van der Waals surface area contributed by atoms with E-state index in [2.05, 4.69) is 16.4 Å². The van der Waals surface area contributed by atoms with E-state index < -0.39 is 0 Å². The Balaban J connectivity index is 1.55. The number of thiazole rings is 1. The second-order valence-corrected chi connectivity index (χ2v) is 7.78. The predicted octanol–water partition coefficient (Wildman–Crippen LogP) is 4.86. The Morgan fingerprint density at radius 1 is 1.24 bits per heavy atom. The zero-order valence-corrected chi connectivity index (χ0v) is 15.5. The normalized spacial score (nSPS) is 17.0. The van der Waals surface area contributed by atoms with Crippen LogP contribution in [-0.2, 0) is 0 Å². The van der Waals surface area contributed by atoms with Crippen LogP contribution in [0.25, 0.3) is 10.6 Å². The number of aromatic nitrogens is 1. The molecule has 0 spiro atoms. The van der Waals surface area contributed by atoms with Gasteiger partial charge < -0.3 is 9.64 Å². The van der Waals surface area contributed by atoms with Crippen LogP contribution in [0.5, 0.6) is 5.75 Å². The van der Waals surface area contributed by atoms with Crippen LogP contribution in [0.15, 0.2) is 47.2 Å². The molecule has 0 bridgehead atoms. The Labute approximate surface area is 154 Å². The van der Waals surface area contributed by atoms with Crippen molar-refractivity contribution in [3.63, 3.8) is 0 Å². The SMILES string of the molecule is COc1ccc(-c2nc(C(=O)N3CCCC3c3cccs3)cs2)cc1. The van der Waals surface area contributed by atoms with Gasteiger partial charge in [0.2, 0.25) is 0 Å². The van der Waals surface area contributed by atoms with E-state index in [9.17, 15) is 4.79 Å². The number of likely N-dealkylation sites (tertiary alicyclic amines) is 1. The summed E-state index contributed by atoms with van der Waals surface area (Å²) in [4.78, 5) is 20.8. The van der Waals surface area contributed by atoms with E-state index in [0.717, 1.165) is 35.7 Å². The lowest BCUT2D eigenvalue weighted by atomic mass is 10.2. The molecule has 1 unspecified atom stereocenters. The molecule has 0 saturated carbocycles. The number of nitrogens with zero attached hydrogens (tertiary/aromatic N) is 2. The fraction of sp³-hybridized carbons (Fsp3) is 0.263.